The Balaban J connectivity index is 1.22. The van der Waals surface area contributed by atoms with Crippen molar-refractivity contribution in [2.45, 2.75) is 6.54 Å². The number of ether oxygens (including phenoxy) is 2. The van der Waals surface area contributed by atoms with Gasteiger partial charge in [-0.05, 0) is 30.3 Å². The fourth-order valence-corrected chi connectivity index (χ4v) is 4.38. The second kappa shape index (κ2) is 7.21. The normalized spacial score (nSPS) is 16.7. The van der Waals surface area contributed by atoms with Gasteiger partial charge in [-0.2, -0.15) is 0 Å². The number of hydrogen-bond acceptors (Lipinski definition) is 6. The number of piperazine rings is 1. The van der Waals surface area contributed by atoms with Crippen LogP contribution in [-0.4, -0.2) is 42.9 Å². The Kier molecular flexibility index (Phi) is 4.43. The topological polar surface area (TPSA) is 37.8 Å². The maximum absolute atomic E-state index is 5.48. The van der Waals surface area contributed by atoms with Gasteiger partial charge in [0.25, 0.3) is 0 Å². The Morgan fingerprint density at radius 1 is 0.926 bits per heavy atom. The van der Waals surface area contributed by atoms with Crippen molar-refractivity contribution in [3.05, 3.63) is 59.6 Å². The molecule has 0 aliphatic carbocycles. The largest absolute Gasteiger partial charge is 0.454 e. The van der Waals surface area contributed by atoms with Crippen LogP contribution in [0.4, 0.5) is 5.69 Å². The highest BCUT2D eigenvalue weighted by molar-refractivity contribution is 7.13. The maximum atomic E-state index is 5.48. The van der Waals surface area contributed by atoms with Crippen molar-refractivity contribution in [3.8, 4) is 22.1 Å². The van der Waals surface area contributed by atoms with Crippen LogP contribution in [-0.2, 0) is 6.54 Å². The SMILES string of the molecule is c1ccc(N2CCN(Cc3csc(-c4ccc5c(c4)OCO5)n3)CC2)cc1. The number of rotatable bonds is 4. The Hall–Kier alpha value is -2.57. The number of thiazole rings is 1. The van der Waals surface area contributed by atoms with E-state index in [1.807, 2.05) is 12.1 Å². The lowest BCUT2D eigenvalue weighted by Gasteiger charge is -2.35. The van der Waals surface area contributed by atoms with E-state index < -0.39 is 0 Å². The van der Waals surface area contributed by atoms with E-state index in [1.165, 1.54) is 5.69 Å². The predicted molar refractivity (Wildman–Crippen MR) is 108 cm³/mol. The van der Waals surface area contributed by atoms with Gasteiger partial charge in [-0.1, -0.05) is 18.2 Å². The zero-order valence-corrected chi connectivity index (χ0v) is 15.8. The van der Waals surface area contributed by atoms with Gasteiger partial charge in [0.05, 0.1) is 5.69 Å². The minimum atomic E-state index is 0.302. The molecular formula is C21H21N3O2S. The minimum Gasteiger partial charge on any atom is -0.454 e. The first kappa shape index (κ1) is 16.6. The monoisotopic (exact) mass is 379 g/mol. The molecule has 1 aromatic heterocycles. The van der Waals surface area contributed by atoms with Crippen molar-refractivity contribution < 1.29 is 9.47 Å². The lowest BCUT2D eigenvalue weighted by Crippen LogP contribution is -2.46. The van der Waals surface area contributed by atoms with Crippen LogP contribution in [0, 0.1) is 0 Å². The van der Waals surface area contributed by atoms with E-state index in [4.69, 9.17) is 14.5 Å². The molecule has 0 atom stereocenters. The molecule has 3 aromatic rings. The fourth-order valence-electron chi connectivity index (χ4n) is 3.57. The molecule has 138 valence electrons. The average molecular weight is 379 g/mol. The number of nitrogens with zero attached hydrogens (tertiary/aromatic N) is 3. The van der Waals surface area contributed by atoms with E-state index in [2.05, 4.69) is 51.6 Å². The van der Waals surface area contributed by atoms with Gasteiger partial charge in [0.1, 0.15) is 5.01 Å². The number of para-hydroxylation sites is 1. The molecule has 2 aliphatic rings. The van der Waals surface area contributed by atoms with Gasteiger partial charge in [-0.25, -0.2) is 4.98 Å². The van der Waals surface area contributed by atoms with Crippen molar-refractivity contribution in [3.63, 3.8) is 0 Å². The third-order valence-electron chi connectivity index (χ3n) is 5.05. The Morgan fingerprint density at radius 3 is 2.59 bits per heavy atom. The molecule has 3 heterocycles. The first-order valence-electron chi connectivity index (χ1n) is 9.22. The van der Waals surface area contributed by atoms with Crippen molar-refractivity contribution in [2.24, 2.45) is 0 Å². The minimum absolute atomic E-state index is 0.302. The summed E-state index contributed by atoms with van der Waals surface area (Å²) in [5.74, 6) is 1.62. The van der Waals surface area contributed by atoms with Crippen molar-refractivity contribution in [2.75, 3.05) is 37.9 Å². The van der Waals surface area contributed by atoms with Crippen molar-refractivity contribution >= 4 is 17.0 Å². The van der Waals surface area contributed by atoms with Gasteiger partial charge in [0.2, 0.25) is 6.79 Å². The second-order valence-electron chi connectivity index (χ2n) is 6.81. The van der Waals surface area contributed by atoms with E-state index in [0.29, 0.717) is 6.79 Å². The Morgan fingerprint density at radius 2 is 1.74 bits per heavy atom. The van der Waals surface area contributed by atoms with Crippen LogP contribution in [0.3, 0.4) is 0 Å². The summed E-state index contributed by atoms with van der Waals surface area (Å²) in [6.45, 7) is 5.45. The first-order valence-corrected chi connectivity index (χ1v) is 10.1. The molecule has 0 spiro atoms. The quantitative estimate of drug-likeness (QED) is 0.688. The fraction of sp³-hybridized carbons (Fsp3) is 0.286. The van der Waals surface area contributed by atoms with E-state index in [-0.39, 0.29) is 0 Å². The molecule has 2 aliphatic heterocycles. The molecule has 27 heavy (non-hydrogen) atoms. The van der Waals surface area contributed by atoms with Gasteiger partial charge in [-0.15, -0.1) is 11.3 Å². The summed E-state index contributed by atoms with van der Waals surface area (Å²) in [4.78, 5) is 9.78. The van der Waals surface area contributed by atoms with Crippen LogP contribution in [0.15, 0.2) is 53.9 Å². The van der Waals surface area contributed by atoms with Crippen LogP contribution in [0.5, 0.6) is 11.5 Å². The van der Waals surface area contributed by atoms with Crippen LogP contribution in [0.25, 0.3) is 10.6 Å². The highest BCUT2D eigenvalue weighted by Crippen LogP contribution is 2.36. The molecule has 2 aromatic carbocycles. The summed E-state index contributed by atoms with van der Waals surface area (Å²) in [6.07, 6.45) is 0. The van der Waals surface area contributed by atoms with E-state index in [0.717, 1.165) is 60.5 Å². The standard InChI is InChI=1S/C21H21N3O2S/c1-2-4-18(5-3-1)24-10-8-23(9-11-24)13-17-14-27-21(22-17)16-6-7-19-20(12-16)26-15-25-19/h1-7,12,14H,8-11,13,15H2. The van der Waals surface area contributed by atoms with E-state index in [9.17, 15) is 0 Å². The third kappa shape index (κ3) is 3.50. The molecule has 5 nitrogen and oxygen atoms in total. The molecule has 0 bridgehead atoms. The van der Waals surface area contributed by atoms with Gasteiger partial charge >= 0.3 is 0 Å². The van der Waals surface area contributed by atoms with Crippen molar-refractivity contribution in [1.29, 1.82) is 0 Å². The predicted octanol–water partition coefficient (Wildman–Crippen LogP) is 3.86. The smallest absolute Gasteiger partial charge is 0.231 e. The van der Waals surface area contributed by atoms with Crippen LogP contribution < -0.4 is 14.4 Å². The molecular weight excluding hydrogens is 358 g/mol. The van der Waals surface area contributed by atoms with Gasteiger partial charge in [0, 0.05) is 49.4 Å². The molecule has 5 rings (SSSR count). The van der Waals surface area contributed by atoms with Crippen LogP contribution in [0.2, 0.25) is 0 Å². The molecule has 6 heteroatoms. The number of benzene rings is 2. The summed E-state index contributed by atoms with van der Waals surface area (Å²) in [6, 6.07) is 16.7. The molecule has 0 N–H and O–H groups in total. The molecule has 1 fully saturated rings. The molecule has 1 saturated heterocycles. The Labute approximate surface area is 162 Å². The van der Waals surface area contributed by atoms with Crippen molar-refractivity contribution in [1.82, 2.24) is 9.88 Å². The van der Waals surface area contributed by atoms with Gasteiger partial charge in [-0.3, -0.25) is 4.90 Å². The summed E-state index contributed by atoms with van der Waals surface area (Å²) < 4.78 is 10.9. The Bertz CT molecular complexity index is 920. The molecule has 0 unspecified atom stereocenters. The molecule has 0 saturated carbocycles. The summed E-state index contributed by atoms with van der Waals surface area (Å²) in [7, 11) is 0. The number of hydrogen-bond donors (Lipinski definition) is 0. The third-order valence-corrected chi connectivity index (χ3v) is 5.99. The molecule has 0 radical (unpaired) electrons. The van der Waals surface area contributed by atoms with Crippen LogP contribution in [0.1, 0.15) is 5.69 Å². The van der Waals surface area contributed by atoms with E-state index in [1.54, 1.807) is 11.3 Å². The summed E-state index contributed by atoms with van der Waals surface area (Å²) in [5.41, 5.74) is 3.54. The second-order valence-corrected chi connectivity index (χ2v) is 7.67. The molecule has 0 amide bonds. The van der Waals surface area contributed by atoms with E-state index >= 15 is 0 Å². The van der Waals surface area contributed by atoms with Crippen LogP contribution >= 0.6 is 11.3 Å². The highest BCUT2D eigenvalue weighted by Gasteiger charge is 2.19. The number of fused-ring (bicyclic) bond motifs is 1. The lowest BCUT2D eigenvalue weighted by molar-refractivity contribution is 0.174. The average Bonchev–Trinajstić information content (AvgIpc) is 3.38. The zero-order valence-electron chi connectivity index (χ0n) is 15.0. The number of anilines is 1. The number of aromatic nitrogens is 1. The summed E-state index contributed by atoms with van der Waals surface area (Å²) in [5, 5.41) is 3.20. The highest BCUT2D eigenvalue weighted by atomic mass is 32.1. The lowest BCUT2D eigenvalue weighted by atomic mass is 10.2. The van der Waals surface area contributed by atoms with Gasteiger partial charge in [0.15, 0.2) is 11.5 Å². The first-order chi connectivity index (χ1) is 13.3. The summed E-state index contributed by atoms with van der Waals surface area (Å²) >= 11 is 1.69. The zero-order chi connectivity index (χ0) is 18.1. The van der Waals surface area contributed by atoms with Gasteiger partial charge < -0.3 is 14.4 Å². The maximum Gasteiger partial charge on any atom is 0.231 e.